The summed E-state index contributed by atoms with van der Waals surface area (Å²) >= 11 is 7.53. The molecule has 1 amide bonds. The minimum atomic E-state index is -0.0945. The van der Waals surface area contributed by atoms with Gasteiger partial charge in [0.05, 0.1) is 4.88 Å². The van der Waals surface area contributed by atoms with Crippen LogP contribution in [0.2, 0.25) is 5.02 Å². The standard InChI is InChI=1S/C16H15ClN2OS/c17-12-3-1-2-10(6-12)13-4-5-14(21-13)15(20)19-8-11-7-16(11,18)9-19/h1-6,11H,7-9,18H2/t11-,16-/m0/s1. The van der Waals surface area contributed by atoms with Crippen molar-refractivity contribution in [3.05, 3.63) is 46.3 Å². The largest absolute Gasteiger partial charge is 0.336 e. The number of benzene rings is 1. The van der Waals surface area contributed by atoms with E-state index in [9.17, 15) is 4.79 Å². The predicted octanol–water partition coefficient (Wildman–Crippen LogP) is 3.24. The maximum atomic E-state index is 12.5. The highest BCUT2D eigenvalue weighted by atomic mass is 35.5. The van der Waals surface area contributed by atoms with E-state index in [4.69, 9.17) is 17.3 Å². The molecule has 1 aliphatic carbocycles. The Bertz CT molecular complexity index is 729. The Morgan fingerprint density at radius 3 is 2.95 bits per heavy atom. The van der Waals surface area contributed by atoms with Crippen molar-refractivity contribution in [2.24, 2.45) is 11.7 Å². The highest BCUT2D eigenvalue weighted by Crippen LogP contribution is 2.47. The molecule has 0 bridgehead atoms. The van der Waals surface area contributed by atoms with Crippen LogP contribution in [-0.2, 0) is 0 Å². The number of hydrogen-bond acceptors (Lipinski definition) is 3. The number of rotatable bonds is 2. The molecule has 0 spiro atoms. The predicted molar refractivity (Wildman–Crippen MR) is 85.7 cm³/mol. The fourth-order valence-corrected chi connectivity index (χ4v) is 4.25. The molecule has 108 valence electrons. The van der Waals surface area contributed by atoms with Crippen LogP contribution in [0.5, 0.6) is 0 Å². The summed E-state index contributed by atoms with van der Waals surface area (Å²) in [5.74, 6) is 0.610. The van der Waals surface area contributed by atoms with Crippen LogP contribution in [0.1, 0.15) is 16.1 Å². The van der Waals surface area contributed by atoms with Gasteiger partial charge in [0.2, 0.25) is 0 Å². The molecular weight excluding hydrogens is 304 g/mol. The number of halogens is 1. The van der Waals surface area contributed by atoms with Crippen LogP contribution in [0, 0.1) is 5.92 Å². The van der Waals surface area contributed by atoms with Crippen molar-refractivity contribution in [3.63, 3.8) is 0 Å². The van der Waals surface area contributed by atoms with Gasteiger partial charge in [0.1, 0.15) is 0 Å². The Morgan fingerprint density at radius 2 is 2.24 bits per heavy atom. The molecular formula is C16H15ClN2OS. The number of nitrogens with zero attached hydrogens (tertiary/aromatic N) is 1. The van der Waals surface area contributed by atoms with Gasteiger partial charge in [-0.05, 0) is 42.2 Å². The Labute approximate surface area is 132 Å². The minimum Gasteiger partial charge on any atom is -0.336 e. The molecule has 3 nitrogen and oxygen atoms in total. The van der Waals surface area contributed by atoms with Crippen LogP contribution >= 0.6 is 22.9 Å². The molecule has 21 heavy (non-hydrogen) atoms. The summed E-state index contributed by atoms with van der Waals surface area (Å²) < 4.78 is 0. The number of hydrogen-bond donors (Lipinski definition) is 1. The van der Waals surface area contributed by atoms with Crippen molar-refractivity contribution in [3.8, 4) is 10.4 Å². The van der Waals surface area contributed by atoms with Gasteiger partial charge < -0.3 is 10.6 Å². The monoisotopic (exact) mass is 318 g/mol. The Morgan fingerprint density at radius 1 is 1.38 bits per heavy atom. The quantitative estimate of drug-likeness (QED) is 0.924. The lowest BCUT2D eigenvalue weighted by Gasteiger charge is -2.18. The number of thiophene rings is 1. The van der Waals surface area contributed by atoms with Gasteiger partial charge in [0.15, 0.2) is 0 Å². The molecule has 2 aliphatic rings. The van der Waals surface area contributed by atoms with Gasteiger partial charge in [0, 0.05) is 28.5 Å². The first-order valence-corrected chi connectivity index (χ1v) is 8.18. The summed E-state index contributed by atoms with van der Waals surface area (Å²) in [6.07, 6.45) is 1.06. The molecule has 1 aliphatic heterocycles. The van der Waals surface area contributed by atoms with Gasteiger partial charge in [-0.2, -0.15) is 0 Å². The molecule has 2 N–H and O–H groups in total. The molecule has 0 radical (unpaired) electrons. The number of carbonyl (C=O) groups is 1. The highest BCUT2D eigenvalue weighted by Gasteiger charge is 2.58. The van der Waals surface area contributed by atoms with Crippen molar-refractivity contribution in [1.82, 2.24) is 4.90 Å². The maximum Gasteiger partial charge on any atom is 0.264 e. The van der Waals surface area contributed by atoms with Crippen LogP contribution in [0.4, 0.5) is 0 Å². The minimum absolute atomic E-state index is 0.0945. The van der Waals surface area contributed by atoms with E-state index in [0.717, 1.165) is 28.3 Å². The van der Waals surface area contributed by atoms with Gasteiger partial charge in [-0.1, -0.05) is 23.7 Å². The van der Waals surface area contributed by atoms with E-state index in [1.165, 1.54) is 11.3 Å². The first-order valence-electron chi connectivity index (χ1n) is 6.99. The lowest BCUT2D eigenvalue weighted by Crippen LogP contribution is -2.36. The van der Waals surface area contributed by atoms with Gasteiger partial charge in [-0.25, -0.2) is 0 Å². The van der Waals surface area contributed by atoms with Crippen LogP contribution in [0.3, 0.4) is 0 Å². The molecule has 2 heterocycles. The average molecular weight is 319 g/mol. The molecule has 0 unspecified atom stereocenters. The fourth-order valence-electron chi connectivity index (χ4n) is 3.09. The second-order valence-corrected chi connectivity index (χ2v) is 7.51. The van der Waals surface area contributed by atoms with Crippen molar-refractivity contribution in [2.75, 3.05) is 13.1 Å². The Hall–Kier alpha value is -1.36. The van der Waals surface area contributed by atoms with E-state index in [2.05, 4.69) is 0 Å². The van der Waals surface area contributed by atoms with Gasteiger partial charge in [-0.3, -0.25) is 4.79 Å². The summed E-state index contributed by atoms with van der Waals surface area (Å²) in [7, 11) is 0. The summed E-state index contributed by atoms with van der Waals surface area (Å²) in [5, 5.41) is 0.707. The normalized spacial score (nSPS) is 26.8. The molecule has 2 aromatic rings. The van der Waals surface area contributed by atoms with Crippen LogP contribution in [0.25, 0.3) is 10.4 Å². The van der Waals surface area contributed by atoms with Gasteiger partial charge in [0.25, 0.3) is 5.91 Å². The Balaban J connectivity index is 1.56. The van der Waals surface area contributed by atoms with Crippen LogP contribution in [-0.4, -0.2) is 29.4 Å². The summed E-state index contributed by atoms with van der Waals surface area (Å²) in [6, 6.07) is 11.6. The first kappa shape index (κ1) is 13.3. The fraction of sp³-hybridized carbons (Fsp3) is 0.312. The van der Waals surface area contributed by atoms with Crippen molar-refractivity contribution in [1.29, 1.82) is 0 Å². The molecule has 2 atom stereocenters. The van der Waals surface area contributed by atoms with Crippen molar-refractivity contribution < 1.29 is 4.79 Å². The molecule has 1 aromatic carbocycles. The van der Waals surface area contributed by atoms with E-state index in [1.54, 1.807) is 0 Å². The third-order valence-electron chi connectivity index (χ3n) is 4.42. The molecule has 1 saturated carbocycles. The summed E-state index contributed by atoms with van der Waals surface area (Å²) in [4.78, 5) is 16.2. The number of fused-ring (bicyclic) bond motifs is 1. The van der Waals surface area contributed by atoms with E-state index in [0.29, 0.717) is 17.5 Å². The number of carbonyl (C=O) groups excluding carboxylic acids is 1. The number of piperidine rings is 1. The van der Waals surface area contributed by atoms with Gasteiger partial charge >= 0.3 is 0 Å². The molecule has 1 aromatic heterocycles. The molecule has 5 heteroatoms. The first-order chi connectivity index (χ1) is 10.0. The van der Waals surface area contributed by atoms with E-state index >= 15 is 0 Å². The van der Waals surface area contributed by atoms with Crippen molar-refractivity contribution in [2.45, 2.75) is 12.0 Å². The van der Waals surface area contributed by atoms with Crippen LogP contribution < -0.4 is 5.73 Å². The second-order valence-electron chi connectivity index (χ2n) is 5.99. The SMILES string of the molecule is N[C@]12C[C@H]1CN(C(=O)c1ccc(-c3cccc(Cl)c3)s1)C2. The number of likely N-dealkylation sites (tertiary alicyclic amines) is 1. The van der Waals surface area contributed by atoms with Crippen molar-refractivity contribution >= 4 is 28.8 Å². The smallest absolute Gasteiger partial charge is 0.264 e. The highest BCUT2D eigenvalue weighted by molar-refractivity contribution is 7.17. The maximum absolute atomic E-state index is 12.5. The third kappa shape index (κ3) is 2.27. The zero-order valence-corrected chi connectivity index (χ0v) is 13.0. The zero-order chi connectivity index (χ0) is 14.6. The summed E-state index contributed by atoms with van der Waals surface area (Å²) in [5.41, 5.74) is 7.12. The van der Waals surface area contributed by atoms with E-state index < -0.39 is 0 Å². The average Bonchev–Trinajstić information content (AvgIpc) is 2.84. The lowest BCUT2D eigenvalue weighted by atomic mass is 10.2. The Kier molecular flexibility index (Phi) is 2.89. The molecule has 4 rings (SSSR count). The number of amides is 1. The number of nitrogens with two attached hydrogens (primary N) is 1. The van der Waals surface area contributed by atoms with Crippen LogP contribution in [0.15, 0.2) is 36.4 Å². The molecule has 2 fully saturated rings. The van der Waals surface area contributed by atoms with E-state index in [1.807, 2.05) is 41.3 Å². The summed E-state index contributed by atoms with van der Waals surface area (Å²) in [6.45, 7) is 1.50. The third-order valence-corrected chi connectivity index (χ3v) is 5.78. The topological polar surface area (TPSA) is 46.3 Å². The zero-order valence-electron chi connectivity index (χ0n) is 11.4. The van der Waals surface area contributed by atoms with E-state index in [-0.39, 0.29) is 11.4 Å². The molecule has 1 saturated heterocycles. The lowest BCUT2D eigenvalue weighted by molar-refractivity contribution is 0.0777. The van der Waals surface area contributed by atoms with Gasteiger partial charge in [-0.15, -0.1) is 11.3 Å². The second kappa shape index (κ2) is 4.57.